The maximum atomic E-state index is 13.0. The Morgan fingerprint density at radius 3 is 2.12 bits per heavy atom. The number of halogens is 2. The first kappa shape index (κ1) is 16.9. The van der Waals surface area contributed by atoms with Crippen molar-refractivity contribution in [3.05, 3.63) is 35.4 Å². The molecule has 1 saturated carbocycles. The van der Waals surface area contributed by atoms with Crippen LogP contribution in [-0.4, -0.2) is 40.9 Å². The van der Waals surface area contributed by atoms with Gasteiger partial charge >= 0.3 is 5.97 Å². The number of alkyl halides is 2. The smallest absolute Gasteiger partial charge is 0.314 e. The second-order valence-corrected chi connectivity index (χ2v) is 7.04. The molecule has 0 aromatic heterocycles. The lowest BCUT2D eigenvalue weighted by atomic mass is 9.72. The molecule has 1 aliphatic carbocycles. The molecular formula is C18H21F2NO3. The van der Waals surface area contributed by atoms with Gasteiger partial charge in [0.15, 0.2) is 0 Å². The van der Waals surface area contributed by atoms with Crippen LogP contribution in [0.3, 0.4) is 0 Å². The van der Waals surface area contributed by atoms with Crippen molar-refractivity contribution in [1.82, 2.24) is 4.90 Å². The van der Waals surface area contributed by atoms with Crippen LogP contribution < -0.4 is 0 Å². The predicted molar refractivity (Wildman–Crippen MR) is 84.0 cm³/mol. The standard InChI is InChI=1S/C18H21F2NO3/c1-12-2-4-14(5-3-12)17(16(23)24)6-8-21(9-7-17)15(22)13-10-18(19,20)11-13/h2-5,13H,6-11H2,1H3,(H,23,24). The van der Waals surface area contributed by atoms with E-state index >= 15 is 0 Å². The lowest BCUT2D eigenvalue weighted by Crippen LogP contribution is -2.53. The molecule has 1 amide bonds. The van der Waals surface area contributed by atoms with Crippen LogP contribution in [0, 0.1) is 12.8 Å². The number of carboxylic acid groups (broad SMARTS) is 1. The summed E-state index contributed by atoms with van der Waals surface area (Å²) >= 11 is 0. The fourth-order valence-corrected chi connectivity index (χ4v) is 3.70. The summed E-state index contributed by atoms with van der Waals surface area (Å²) in [6, 6.07) is 7.42. The van der Waals surface area contributed by atoms with Gasteiger partial charge in [-0.15, -0.1) is 0 Å². The molecule has 0 bridgehead atoms. The summed E-state index contributed by atoms with van der Waals surface area (Å²) in [5, 5.41) is 9.77. The van der Waals surface area contributed by atoms with E-state index in [9.17, 15) is 23.5 Å². The Bertz CT molecular complexity index is 641. The fraction of sp³-hybridized carbons (Fsp3) is 0.556. The van der Waals surface area contributed by atoms with E-state index in [1.807, 2.05) is 31.2 Å². The Morgan fingerprint density at radius 1 is 1.12 bits per heavy atom. The number of rotatable bonds is 3. The van der Waals surface area contributed by atoms with Crippen LogP contribution >= 0.6 is 0 Å². The molecule has 0 atom stereocenters. The normalized spacial score (nSPS) is 22.7. The van der Waals surface area contributed by atoms with Crippen molar-refractivity contribution in [2.75, 3.05) is 13.1 Å². The highest BCUT2D eigenvalue weighted by Crippen LogP contribution is 2.44. The molecule has 1 aliphatic heterocycles. The van der Waals surface area contributed by atoms with Crippen molar-refractivity contribution in [1.29, 1.82) is 0 Å². The Balaban J connectivity index is 1.70. The molecule has 1 N–H and O–H groups in total. The number of nitrogens with zero attached hydrogens (tertiary/aromatic N) is 1. The van der Waals surface area contributed by atoms with Crippen molar-refractivity contribution in [2.45, 2.75) is 43.9 Å². The maximum absolute atomic E-state index is 13.0. The van der Waals surface area contributed by atoms with E-state index < -0.39 is 23.2 Å². The molecule has 4 nitrogen and oxygen atoms in total. The first-order chi connectivity index (χ1) is 11.2. The number of hydrogen-bond acceptors (Lipinski definition) is 2. The molecule has 1 heterocycles. The molecule has 0 radical (unpaired) electrons. The van der Waals surface area contributed by atoms with Crippen molar-refractivity contribution in [2.24, 2.45) is 5.92 Å². The van der Waals surface area contributed by atoms with E-state index in [4.69, 9.17) is 0 Å². The van der Waals surface area contributed by atoms with Crippen LogP contribution in [0.1, 0.15) is 36.8 Å². The van der Waals surface area contributed by atoms with E-state index in [1.165, 1.54) is 0 Å². The van der Waals surface area contributed by atoms with Crippen molar-refractivity contribution in [3.8, 4) is 0 Å². The Hall–Kier alpha value is -1.98. The molecule has 3 rings (SSSR count). The third-order valence-corrected chi connectivity index (χ3v) is 5.38. The monoisotopic (exact) mass is 337 g/mol. The molecule has 0 unspecified atom stereocenters. The summed E-state index contributed by atoms with van der Waals surface area (Å²) in [5.41, 5.74) is 0.786. The average Bonchev–Trinajstić information content (AvgIpc) is 2.52. The molecule has 1 aromatic rings. The van der Waals surface area contributed by atoms with Crippen molar-refractivity contribution < 1.29 is 23.5 Å². The van der Waals surface area contributed by atoms with Crippen LogP contribution in [0.25, 0.3) is 0 Å². The Morgan fingerprint density at radius 2 is 1.67 bits per heavy atom. The summed E-state index contributed by atoms with van der Waals surface area (Å²) in [6.07, 6.45) is -0.158. The van der Waals surface area contributed by atoms with Gasteiger partial charge in [0, 0.05) is 31.8 Å². The maximum Gasteiger partial charge on any atom is 0.314 e. The van der Waals surface area contributed by atoms with Gasteiger partial charge in [-0.25, -0.2) is 8.78 Å². The minimum Gasteiger partial charge on any atom is -0.481 e. The van der Waals surface area contributed by atoms with Crippen molar-refractivity contribution in [3.63, 3.8) is 0 Å². The van der Waals surface area contributed by atoms with Crippen molar-refractivity contribution >= 4 is 11.9 Å². The number of aliphatic carboxylic acids is 1. The van der Waals surface area contributed by atoms with Gasteiger partial charge in [-0.05, 0) is 25.3 Å². The van der Waals surface area contributed by atoms with E-state index in [0.717, 1.165) is 11.1 Å². The number of carbonyl (C=O) groups excluding carboxylic acids is 1. The number of benzene rings is 1. The van der Waals surface area contributed by atoms with Crippen LogP contribution in [0.2, 0.25) is 0 Å². The predicted octanol–water partition coefficient (Wildman–Crippen LogP) is 2.99. The van der Waals surface area contributed by atoms with Gasteiger partial charge in [-0.2, -0.15) is 0 Å². The zero-order valence-corrected chi connectivity index (χ0v) is 13.6. The van der Waals surface area contributed by atoms with Gasteiger partial charge < -0.3 is 10.0 Å². The molecule has 0 spiro atoms. The summed E-state index contributed by atoms with van der Waals surface area (Å²) in [7, 11) is 0. The zero-order valence-electron chi connectivity index (χ0n) is 13.6. The number of piperidine rings is 1. The quantitative estimate of drug-likeness (QED) is 0.922. The SMILES string of the molecule is Cc1ccc(C2(C(=O)O)CCN(C(=O)C3CC(F)(F)C3)CC2)cc1. The number of hydrogen-bond donors (Lipinski definition) is 1. The van der Waals surface area contributed by atoms with Gasteiger partial charge in [0.2, 0.25) is 11.8 Å². The number of amides is 1. The largest absolute Gasteiger partial charge is 0.481 e. The van der Waals surface area contributed by atoms with E-state index in [2.05, 4.69) is 0 Å². The van der Waals surface area contributed by atoms with Crippen LogP contribution in [0.15, 0.2) is 24.3 Å². The third kappa shape index (κ3) is 2.89. The molecule has 1 saturated heterocycles. The van der Waals surface area contributed by atoms with E-state index in [-0.39, 0.29) is 18.7 Å². The number of aryl methyl sites for hydroxylation is 1. The van der Waals surface area contributed by atoms with Crippen LogP contribution in [-0.2, 0) is 15.0 Å². The molecule has 2 aliphatic rings. The first-order valence-electron chi connectivity index (χ1n) is 8.21. The third-order valence-electron chi connectivity index (χ3n) is 5.38. The lowest BCUT2D eigenvalue weighted by molar-refractivity contribution is -0.163. The van der Waals surface area contributed by atoms with Gasteiger partial charge in [-0.3, -0.25) is 9.59 Å². The molecule has 24 heavy (non-hydrogen) atoms. The summed E-state index contributed by atoms with van der Waals surface area (Å²) in [5.74, 6) is -4.49. The first-order valence-corrected chi connectivity index (χ1v) is 8.21. The molecule has 1 aromatic carbocycles. The summed E-state index contributed by atoms with van der Waals surface area (Å²) < 4.78 is 25.9. The highest BCUT2D eigenvalue weighted by Gasteiger charge is 2.51. The van der Waals surface area contributed by atoms with E-state index in [0.29, 0.717) is 25.9 Å². The molecule has 2 fully saturated rings. The molecule has 130 valence electrons. The average molecular weight is 337 g/mol. The van der Waals surface area contributed by atoms with E-state index in [1.54, 1.807) is 4.90 Å². The number of carboxylic acids is 1. The van der Waals surface area contributed by atoms with Crippen LogP contribution in [0.4, 0.5) is 8.78 Å². The fourth-order valence-electron chi connectivity index (χ4n) is 3.70. The highest BCUT2D eigenvalue weighted by atomic mass is 19.3. The van der Waals surface area contributed by atoms with Gasteiger partial charge in [-0.1, -0.05) is 29.8 Å². The van der Waals surface area contributed by atoms with Gasteiger partial charge in [0.1, 0.15) is 0 Å². The lowest BCUT2D eigenvalue weighted by Gasteiger charge is -2.42. The number of carbonyl (C=O) groups is 2. The molecule has 6 heteroatoms. The minimum absolute atomic E-state index is 0.260. The van der Waals surface area contributed by atoms with Crippen LogP contribution in [0.5, 0.6) is 0 Å². The topological polar surface area (TPSA) is 57.6 Å². The zero-order chi connectivity index (χ0) is 17.5. The Kier molecular flexibility index (Phi) is 4.10. The number of likely N-dealkylation sites (tertiary alicyclic amines) is 1. The molecular weight excluding hydrogens is 316 g/mol. The minimum atomic E-state index is -2.72. The second kappa shape index (κ2) is 5.83. The summed E-state index contributed by atoms with van der Waals surface area (Å²) in [4.78, 5) is 25.7. The van der Waals surface area contributed by atoms with Gasteiger partial charge in [0.25, 0.3) is 0 Å². The Labute approximate surface area is 139 Å². The summed E-state index contributed by atoms with van der Waals surface area (Å²) in [6.45, 7) is 2.52. The highest BCUT2D eigenvalue weighted by molar-refractivity contribution is 5.83. The van der Waals surface area contributed by atoms with Gasteiger partial charge in [0.05, 0.1) is 5.41 Å². The second-order valence-electron chi connectivity index (χ2n) is 7.04.